The summed E-state index contributed by atoms with van der Waals surface area (Å²) in [6.07, 6.45) is 7.01. The zero-order chi connectivity index (χ0) is 11.4. The standard InChI is InChI=1S/C14H26N2/c1-11-4-3-5-14(7-6-11)16-8-12(2)13-9-15-10-13/h11,14-16H,3-10H2,1-2H3. The molecule has 0 radical (unpaired) electrons. The van der Waals surface area contributed by atoms with Crippen LogP contribution in [0, 0.1) is 5.92 Å². The van der Waals surface area contributed by atoms with Gasteiger partial charge in [-0.1, -0.05) is 25.3 Å². The molecule has 2 fully saturated rings. The molecular weight excluding hydrogens is 196 g/mol. The van der Waals surface area contributed by atoms with Crippen molar-refractivity contribution in [3.63, 3.8) is 0 Å². The highest BCUT2D eigenvalue weighted by molar-refractivity contribution is 5.22. The molecule has 1 aliphatic heterocycles. The lowest BCUT2D eigenvalue weighted by molar-refractivity contribution is 0.459. The molecule has 2 aliphatic rings. The Labute approximate surface area is 99.9 Å². The molecule has 0 aromatic heterocycles. The van der Waals surface area contributed by atoms with E-state index in [-0.39, 0.29) is 0 Å². The predicted molar refractivity (Wildman–Crippen MR) is 69.6 cm³/mol. The summed E-state index contributed by atoms with van der Waals surface area (Å²) < 4.78 is 0. The molecule has 1 saturated heterocycles. The van der Waals surface area contributed by atoms with Crippen LogP contribution < -0.4 is 10.6 Å². The SMILES string of the molecule is CC(CNC1CCCC(C)CC1)=C1CNC1. The van der Waals surface area contributed by atoms with Crippen LogP contribution in [0.15, 0.2) is 11.1 Å². The Morgan fingerprint density at radius 1 is 1.25 bits per heavy atom. The smallest absolute Gasteiger partial charge is 0.0183 e. The molecule has 1 heterocycles. The van der Waals surface area contributed by atoms with Crippen molar-refractivity contribution in [2.24, 2.45) is 5.92 Å². The van der Waals surface area contributed by atoms with Crippen LogP contribution in [0.5, 0.6) is 0 Å². The van der Waals surface area contributed by atoms with Crippen molar-refractivity contribution in [1.29, 1.82) is 0 Å². The minimum absolute atomic E-state index is 0.772. The van der Waals surface area contributed by atoms with Crippen LogP contribution in [0.2, 0.25) is 0 Å². The van der Waals surface area contributed by atoms with Gasteiger partial charge in [0.2, 0.25) is 0 Å². The lowest BCUT2D eigenvalue weighted by atomic mass is 10.0. The Balaban J connectivity index is 1.72. The summed E-state index contributed by atoms with van der Waals surface area (Å²) in [7, 11) is 0. The third-order valence-electron chi connectivity index (χ3n) is 4.19. The third kappa shape index (κ3) is 3.33. The molecule has 0 spiro atoms. The molecule has 2 heteroatoms. The van der Waals surface area contributed by atoms with Gasteiger partial charge in [-0.25, -0.2) is 0 Å². The highest BCUT2D eigenvalue weighted by Gasteiger charge is 2.16. The van der Waals surface area contributed by atoms with Gasteiger partial charge >= 0.3 is 0 Å². The van der Waals surface area contributed by atoms with Crippen LogP contribution >= 0.6 is 0 Å². The topological polar surface area (TPSA) is 24.1 Å². The summed E-state index contributed by atoms with van der Waals surface area (Å²) in [4.78, 5) is 0. The molecule has 0 bridgehead atoms. The van der Waals surface area contributed by atoms with Crippen LogP contribution in [0.3, 0.4) is 0 Å². The molecular formula is C14H26N2. The first-order chi connectivity index (χ1) is 7.75. The van der Waals surface area contributed by atoms with Crippen LogP contribution in [0.4, 0.5) is 0 Å². The van der Waals surface area contributed by atoms with Crippen molar-refractivity contribution in [3.05, 3.63) is 11.1 Å². The molecule has 0 aromatic carbocycles. The first-order valence-corrected chi connectivity index (χ1v) is 6.87. The van der Waals surface area contributed by atoms with Crippen molar-refractivity contribution in [2.45, 2.75) is 52.0 Å². The van der Waals surface area contributed by atoms with Gasteiger partial charge in [-0.15, -0.1) is 0 Å². The fourth-order valence-electron chi connectivity index (χ4n) is 2.67. The maximum absolute atomic E-state index is 3.75. The van der Waals surface area contributed by atoms with Gasteiger partial charge in [-0.05, 0) is 37.7 Å². The average molecular weight is 222 g/mol. The van der Waals surface area contributed by atoms with E-state index in [1.807, 2.05) is 0 Å². The lowest BCUT2D eigenvalue weighted by Crippen LogP contribution is -2.37. The van der Waals surface area contributed by atoms with Gasteiger partial charge in [-0.2, -0.15) is 0 Å². The van der Waals surface area contributed by atoms with E-state index in [4.69, 9.17) is 0 Å². The van der Waals surface area contributed by atoms with Crippen molar-refractivity contribution in [1.82, 2.24) is 10.6 Å². The molecule has 1 aliphatic carbocycles. The Morgan fingerprint density at radius 3 is 2.75 bits per heavy atom. The predicted octanol–water partition coefficient (Wildman–Crippen LogP) is 2.46. The fourth-order valence-corrected chi connectivity index (χ4v) is 2.67. The largest absolute Gasteiger partial charge is 0.310 e. The molecule has 1 saturated carbocycles. The van der Waals surface area contributed by atoms with Crippen molar-refractivity contribution < 1.29 is 0 Å². The normalized spacial score (nSPS) is 30.8. The second-order valence-corrected chi connectivity index (χ2v) is 5.68. The van der Waals surface area contributed by atoms with Crippen LogP contribution in [0.25, 0.3) is 0 Å². The highest BCUT2D eigenvalue weighted by atomic mass is 14.9. The van der Waals surface area contributed by atoms with Crippen LogP contribution in [-0.2, 0) is 0 Å². The Hall–Kier alpha value is -0.340. The minimum atomic E-state index is 0.772. The van der Waals surface area contributed by atoms with E-state index in [2.05, 4.69) is 24.5 Å². The summed E-state index contributed by atoms with van der Waals surface area (Å²) in [6.45, 7) is 8.03. The monoisotopic (exact) mass is 222 g/mol. The maximum atomic E-state index is 3.75. The second kappa shape index (κ2) is 5.83. The van der Waals surface area contributed by atoms with E-state index in [1.54, 1.807) is 11.1 Å². The summed E-state index contributed by atoms with van der Waals surface area (Å²) in [5, 5.41) is 7.06. The molecule has 92 valence electrons. The fraction of sp³-hybridized carbons (Fsp3) is 0.857. The molecule has 16 heavy (non-hydrogen) atoms. The summed E-state index contributed by atoms with van der Waals surface area (Å²) in [6, 6.07) is 0.772. The Bertz CT molecular complexity index is 251. The highest BCUT2D eigenvalue weighted by Crippen LogP contribution is 2.22. The lowest BCUT2D eigenvalue weighted by Gasteiger charge is -2.24. The van der Waals surface area contributed by atoms with Gasteiger partial charge < -0.3 is 10.6 Å². The summed E-state index contributed by atoms with van der Waals surface area (Å²) >= 11 is 0. The van der Waals surface area contributed by atoms with E-state index >= 15 is 0 Å². The molecule has 2 N–H and O–H groups in total. The number of rotatable bonds is 3. The molecule has 2 nitrogen and oxygen atoms in total. The number of hydrogen-bond donors (Lipinski definition) is 2. The van der Waals surface area contributed by atoms with Crippen LogP contribution in [0.1, 0.15) is 46.0 Å². The van der Waals surface area contributed by atoms with Gasteiger partial charge in [0.1, 0.15) is 0 Å². The van der Waals surface area contributed by atoms with Gasteiger partial charge in [0.15, 0.2) is 0 Å². The van der Waals surface area contributed by atoms with Crippen molar-refractivity contribution >= 4 is 0 Å². The second-order valence-electron chi connectivity index (χ2n) is 5.68. The Kier molecular flexibility index (Phi) is 4.42. The molecule has 2 rings (SSSR count). The van der Waals surface area contributed by atoms with E-state index in [0.29, 0.717) is 0 Å². The van der Waals surface area contributed by atoms with E-state index in [1.165, 1.54) is 32.1 Å². The molecule has 2 atom stereocenters. The minimum Gasteiger partial charge on any atom is -0.310 e. The quantitative estimate of drug-likeness (QED) is 0.566. The third-order valence-corrected chi connectivity index (χ3v) is 4.19. The first-order valence-electron chi connectivity index (χ1n) is 6.87. The van der Waals surface area contributed by atoms with Crippen molar-refractivity contribution in [2.75, 3.05) is 19.6 Å². The van der Waals surface area contributed by atoms with Gasteiger partial charge in [0.05, 0.1) is 0 Å². The van der Waals surface area contributed by atoms with Gasteiger partial charge in [0.25, 0.3) is 0 Å². The Morgan fingerprint density at radius 2 is 2.06 bits per heavy atom. The van der Waals surface area contributed by atoms with Crippen molar-refractivity contribution in [3.8, 4) is 0 Å². The van der Waals surface area contributed by atoms with E-state index in [0.717, 1.165) is 31.6 Å². The summed E-state index contributed by atoms with van der Waals surface area (Å²) in [5.41, 5.74) is 3.19. The zero-order valence-electron chi connectivity index (χ0n) is 10.8. The zero-order valence-corrected chi connectivity index (χ0v) is 10.8. The van der Waals surface area contributed by atoms with Crippen LogP contribution in [-0.4, -0.2) is 25.7 Å². The molecule has 0 amide bonds. The number of hydrogen-bond acceptors (Lipinski definition) is 2. The van der Waals surface area contributed by atoms with E-state index < -0.39 is 0 Å². The average Bonchev–Trinajstić information content (AvgIpc) is 2.37. The van der Waals surface area contributed by atoms with Gasteiger partial charge in [-0.3, -0.25) is 0 Å². The molecule has 2 unspecified atom stereocenters. The molecule has 0 aromatic rings. The first kappa shape index (κ1) is 12.1. The van der Waals surface area contributed by atoms with Gasteiger partial charge in [0, 0.05) is 25.7 Å². The maximum Gasteiger partial charge on any atom is 0.0183 e. The van der Waals surface area contributed by atoms with E-state index in [9.17, 15) is 0 Å². The number of nitrogens with one attached hydrogen (secondary N) is 2. The summed E-state index contributed by atoms with van der Waals surface area (Å²) in [5.74, 6) is 0.946.